The lowest BCUT2D eigenvalue weighted by Crippen LogP contribution is -2.37. The van der Waals surface area contributed by atoms with Gasteiger partial charge in [0.15, 0.2) is 11.5 Å². The Balaban J connectivity index is 1.72. The largest absolute Gasteiger partial charge is 0.382 e. The minimum Gasteiger partial charge on any atom is -0.382 e. The zero-order valence-corrected chi connectivity index (χ0v) is 13.0. The van der Waals surface area contributed by atoms with Crippen LogP contribution in [0.3, 0.4) is 0 Å². The number of nitrogen functional groups attached to an aromatic ring is 1. The Morgan fingerprint density at radius 1 is 1.17 bits per heavy atom. The molecule has 1 fully saturated rings. The maximum absolute atomic E-state index is 12.3. The molecule has 1 saturated heterocycles. The van der Waals surface area contributed by atoms with Crippen LogP contribution in [0.5, 0.6) is 0 Å². The fourth-order valence-corrected chi connectivity index (χ4v) is 2.98. The Bertz CT molecular complexity index is 655. The number of benzene rings is 1. The van der Waals surface area contributed by atoms with Crippen molar-refractivity contribution in [2.75, 3.05) is 25.4 Å². The van der Waals surface area contributed by atoms with E-state index in [0.29, 0.717) is 6.54 Å². The average Bonchev–Trinajstić information content (AvgIpc) is 3.10. The van der Waals surface area contributed by atoms with Gasteiger partial charge in [-0.2, -0.15) is 0 Å². The Labute approximate surface area is 135 Å². The SMILES string of the molecule is Nc1nccnc1C(=O)NCC(c1ccccc1)N1CCCC1. The summed E-state index contributed by atoms with van der Waals surface area (Å²) in [5.41, 5.74) is 7.11. The standard InChI is InChI=1S/C17H21N5O/c18-16-15(19-8-9-20-16)17(23)21-12-14(22-10-4-5-11-22)13-6-2-1-3-7-13/h1-3,6-9,14H,4-5,10-12H2,(H2,18,20)(H,21,23). The van der Waals surface area contributed by atoms with E-state index in [1.165, 1.54) is 30.8 Å². The number of hydrogen-bond donors (Lipinski definition) is 2. The molecule has 23 heavy (non-hydrogen) atoms. The summed E-state index contributed by atoms with van der Waals surface area (Å²) < 4.78 is 0. The fourth-order valence-electron chi connectivity index (χ4n) is 2.98. The molecule has 1 aliphatic heterocycles. The van der Waals surface area contributed by atoms with Gasteiger partial charge in [0.25, 0.3) is 5.91 Å². The molecule has 1 unspecified atom stereocenters. The summed E-state index contributed by atoms with van der Waals surface area (Å²) in [7, 11) is 0. The van der Waals surface area contributed by atoms with E-state index in [2.05, 4.69) is 32.3 Å². The van der Waals surface area contributed by atoms with Crippen LogP contribution in [0.25, 0.3) is 0 Å². The molecule has 0 aliphatic carbocycles. The molecule has 1 amide bonds. The fraction of sp³-hybridized carbons (Fsp3) is 0.353. The van der Waals surface area contributed by atoms with Gasteiger partial charge in [-0.25, -0.2) is 9.97 Å². The maximum atomic E-state index is 12.3. The van der Waals surface area contributed by atoms with Crippen molar-refractivity contribution in [3.05, 3.63) is 54.0 Å². The summed E-state index contributed by atoms with van der Waals surface area (Å²) in [6, 6.07) is 10.4. The van der Waals surface area contributed by atoms with Gasteiger partial charge in [0.1, 0.15) is 0 Å². The van der Waals surface area contributed by atoms with Crippen LogP contribution in [0.4, 0.5) is 5.82 Å². The highest BCUT2D eigenvalue weighted by atomic mass is 16.1. The smallest absolute Gasteiger partial charge is 0.273 e. The van der Waals surface area contributed by atoms with E-state index in [1.54, 1.807) is 0 Å². The molecule has 6 heteroatoms. The second kappa shape index (κ2) is 7.19. The van der Waals surface area contributed by atoms with E-state index < -0.39 is 0 Å². The number of carbonyl (C=O) groups excluding carboxylic acids is 1. The number of aromatic nitrogens is 2. The summed E-state index contributed by atoms with van der Waals surface area (Å²) in [5.74, 6) is -0.127. The topological polar surface area (TPSA) is 84.1 Å². The molecule has 0 spiro atoms. The predicted octanol–water partition coefficient (Wildman–Crippen LogP) is 1.63. The van der Waals surface area contributed by atoms with Gasteiger partial charge in [-0.3, -0.25) is 9.69 Å². The molecule has 2 aromatic rings. The summed E-state index contributed by atoms with van der Waals surface area (Å²) in [4.78, 5) is 22.6. The number of nitrogens with zero attached hydrogens (tertiary/aromatic N) is 3. The van der Waals surface area contributed by atoms with E-state index in [9.17, 15) is 4.79 Å². The lowest BCUT2D eigenvalue weighted by atomic mass is 10.1. The van der Waals surface area contributed by atoms with Crippen molar-refractivity contribution in [3.8, 4) is 0 Å². The van der Waals surface area contributed by atoms with Gasteiger partial charge in [0, 0.05) is 18.9 Å². The van der Waals surface area contributed by atoms with Gasteiger partial charge < -0.3 is 11.1 Å². The molecular formula is C17H21N5O. The number of carbonyl (C=O) groups is 1. The second-order valence-corrected chi connectivity index (χ2v) is 5.67. The van der Waals surface area contributed by atoms with Gasteiger partial charge in [0.2, 0.25) is 0 Å². The van der Waals surface area contributed by atoms with Crippen LogP contribution in [0.2, 0.25) is 0 Å². The van der Waals surface area contributed by atoms with Crippen LogP contribution >= 0.6 is 0 Å². The predicted molar refractivity (Wildman–Crippen MR) is 88.8 cm³/mol. The number of anilines is 1. The van der Waals surface area contributed by atoms with Gasteiger partial charge >= 0.3 is 0 Å². The molecule has 1 atom stereocenters. The first kappa shape index (κ1) is 15.4. The zero-order valence-electron chi connectivity index (χ0n) is 13.0. The van der Waals surface area contributed by atoms with Crippen molar-refractivity contribution in [1.82, 2.24) is 20.2 Å². The summed E-state index contributed by atoms with van der Waals surface area (Å²) in [6.07, 6.45) is 5.35. The Hall–Kier alpha value is -2.47. The van der Waals surface area contributed by atoms with Crippen molar-refractivity contribution in [1.29, 1.82) is 0 Å². The first-order valence-electron chi connectivity index (χ1n) is 7.89. The van der Waals surface area contributed by atoms with Crippen molar-refractivity contribution in [3.63, 3.8) is 0 Å². The molecule has 3 rings (SSSR count). The summed E-state index contributed by atoms with van der Waals surface area (Å²) >= 11 is 0. The van der Waals surface area contributed by atoms with E-state index in [0.717, 1.165) is 13.1 Å². The number of hydrogen-bond acceptors (Lipinski definition) is 5. The molecular weight excluding hydrogens is 290 g/mol. The average molecular weight is 311 g/mol. The summed E-state index contributed by atoms with van der Waals surface area (Å²) in [6.45, 7) is 2.64. The van der Waals surface area contributed by atoms with Crippen molar-refractivity contribution < 1.29 is 4.79 Å². The highest BCUT2D eigenvalue weighted by molar-refractivity contribution is 5.96. The van der Waals surface area contributed by atoms with Crippen LogP contribution < -0.4 is 11.1 Å². The highest BCUT2D eigenvalue weighted by Crippen LogP contribution is 2.24. The molecule has 1 aliphatic rings. The normalized spacial score (nSPS) is 16.2. The van der Waals surface area contributed by atoms with Gasteiger partial charge in [-0.15, -0.1) is 0 Å². The van der Waals surface area contributed by atoms with Crippen LogP contribution in [0.1, 0.15) is 34.9 Å². The minimum absolute atomic E-state index is 0.155. The highest BCUT2D eigenvalue weighted by Gasteiger charge is 2.24. The van der Waals surface area contributed by atoms with Gasteiger partial charge in [0.05, 0.1) is 6.04 Å². The van der Waals surface area contributed by atoms with Crippen LogP contribution in [-0.2, 0) is 0 Å². The molecule has 1 aromatic heterocycles. The van der Waals surface area contributed by atoms with Gasteiger partial charge in [-0.1, -0.05) is 30.3 Å². The van der Waals surface area contributed by atoms with E-state index >= 15 is 0 Å². The molecule has 1 aromatic carbocycles. The maximum Gasteiger partial charge on any atom is 0.273 e. The molecule has 2 heterocycles. The third-order valence-corrected chi connectivity index (χ3v) is 4.16. The first-order valence-corrected chi connectivity index (χ1v) is 7.89. The number of amides is 1. The Kier molecular flexibility index (Phi) is 4.83. The van der Waals surface area contributed by atoms with E-state index in [1.807, 2.05) is 18.2 Å². The Morgan fingerprint density at radius 2 is 1.87 bits per heavy atom. The quantitative estimate of drug-likeness (QED) is 0.876. The third kappa shape index (κ3) is 3.65. The van der Waals surface area contributed by atoms with Gasteiger partial charge in [-0.05, 0) is 31.5 Å². The number of likely N-dealkylation sites (tertiary alicyclic amines) is 1. The molecule has 120 valence electrons. The molecule has 0 bridgehead atoms. The molecule has 3 N–H and O–H groups in total. The molecule has 0 saturated carbocycles. The van der Waals surface area contributed by atoms with Crippen LogP contribution in [-0.4, -0.2) is 40.4 Å². The minimum atomic E-state index is -0.282. The summed E-state index contributed by atoms with van der Waals surface area (Å²) in [5, 5.41) is 2.95. The second-order valence-electron chi connectivity index (χ2n) is 5.67. The molecule has 0 radical (unpaired) electrons. The number of nitrogens with one attached hydrogen (secondary N) is 1. The van der Waals surface area contributed by atoms with Crippen molar-refractivity contribution in [2.24, 2.45) is 0 Å². The lowest BCUT2D eigenvalue weighted by Gasteiger charge is -2.28. The van der Waals surface area contributed by atoms with E-state index in [-0.39, 0.29) is 23.5 Å². The monoisotopic (exact) mass is 311 g/mol. The zero-order chi connectivity index (χ0) is 16.1. The van der Waals surface area contributed by atoms with Crippen molar-refractivity contribution in [2.45, 2.75) is 18.9 Å². The molecule has 6 nitrogen and oxygen atoms in total. The first-order chi connectivity index (χ1) is 11.3. The van der Waals surface area contributed by atoms with E-state index in [4.69, 9.17) is 5.73 Å². The van der Waals surface area contributed by atoms with Crippen LogP contribution in [0.15, 0.2) is 42.7 Å². The number of nitrogens with two attached hydrogens (primary N) is 1. The Morgan fingerprint density at radius 3 is 2.57 bits per heavy atom. The third-order valence-electron chi connectivity index (χ3n) is 4.16. The lowest BCUT2D eigenvalue weighted by molar-refractivity contribution is 0.0933. The number of rotatable bonds is 5. The van der Waals surface area contributed by atoms with Crippen LogP contribution in [0, 0.1) is 0 Å². The van der Waals surface area contributed by atoms with Crippen molar-refractivity contribution >= 4 is 11.7 Å².